The molecule has 4 atom stereocenters. The zero-order chi connectivity index (χ0) is 29.3. The van der Waals surface area contributed by atoms with Crippen molar-refractivity contribution in [2.75, 3.05) is 0 Å². The number of halogens is 1. The number of nitrogens with zero attached hydrogens (tertiary/aromatic N) is 3. The molecule has 1 aliphatic heterocycles. The average molecular weight is 564 g/mol. The van der Waals surface area contributed by atoms with E-state index in [9.17, 15) is 28.7 Å². The van der Waals surface area contributed by atoms with Crippen molar-refractivity contribution in [1.82, 2.24) is 13.9 Å². The second-order valence-electron chi connectivity index (χ2n) is 11.1. The predicted molar refractivity (Wildman–Crippen MR) is 153 cm³/mol. The Kier molecular flexibility index (Phi) is 5.69. The first-order chi connectivity index (χ1) is 20.2. The smallest absolute Gasteiger partial charge is 0.347 e. The number of phenols is 1. The minimum atomic E-state index is -1.47. The van der Waals surface area contributed by atoms with Crippen LogP contribution < -0.4 is 11.4 Å². The number of ketones is 2. The van der Waals surface area contributed by atoms with Crippen molar-refractivity contribution in [3.8, 4) is 5.75 Å². The molecule has 0 amide bonds. The minimum Gasteiger partial charge on any atom is -0.505 e. The monoisotopic (exact) mass is 563 g/mol. The summed E-state index contributed by atoms with van der Waals surface area (Å²) in [7, 11) is 1.40. The Balaban J connectivity index is 1.57. The lowest BCUT2D eigenvalue weighted by Gasteiger charge is -2.54. The third-order valence-corrected chi connectivity index (χ3v) is 9.13. The van der Waals surface area contributed by atoms with E-state index in [1.165, 1.54) is 34.6 Å². The van der Waals surface area contributed by atoms with Gasteiger partial charge in [-0.2, -0.15) is 0 Å². The van der Waals surface area contributed by atoms with Crippen LogP contribution in [-0.2, 0) is 28.6 Å². The van der Waals surface area contributed by atoms with Crippen LogP contribution in [0.5, 0.6) is 5.75 Å². The van der Waals surface area contributed by atoms with Gasteiger partial charge in [0.05, 0.1) is 18.0 Å². The molecule has 3 aliphatic rings. The van der Waals surface area contributed by atoms with Crippen LogP contribution in [0.15, 0.2) is 106 Å². The fourth-order valence-corrected chi connectivity index (χ4v) is 7.32. The lowest BCUT2D eigenvalue weighted by molar-refractivity contribution is -0.133. The molecular weight excluding hydrogens is 537 g/mol. The second-order valence-corrected chi connectivity index (χ2v) is 11.1. The molecule has 1 fully saturated rings. The van der Waals surface area contributed by atoms with Gasteiger partial charge < -0.3 is 5.11 Å². The van der Waals surface area contributed by atoms with Crippen molar-refractivity contribution in [2.45, 2.75) is 30.3 Å². The fourth-order valence-electron chi connectivity index (χ4n) is 7.32. The zero-order valence-electron chi connectivity index (χ0n) is 22.6. The van der Waals surface area contributed by atoms with Gasteiger partial charge in [-0.3, -0.25) is 9.59 Å². The number of aromatic hydroxyl groups is 1. The van der Waals surface area contributed by atoms with Crippen molar-refractivity contribution >= 4 is 17.1 Å². The molecule has 8 nitrogen and oxygen atoms in total. The van der Waals surface area contributed by atoms with E-state index in [1.54, 1.807) is 54.6 Å². The van der Waals surface area contributed by atoms with Crippen LogP contribution in [0.2, 0.25) is 0 Å². The molecule has 7 rings (SSSR count). The molecule has 42 heavy (non-hydrogen) atoms. The Morgan fingerprint density at radius 1 is 0.905 bits per heavy atom. The van der Waals surface area contributed by atoms with E-state index >= 15 is 0 Å². The maximum absolute atomic E-state index is 15.0. The van der Waals surface area contributed by atoms with E-state index in [4.69, 9.17) is 0 Å². The normalized spacial score (nSPS) is 24.8. The summed E-state index contributed by atoms with van der Waals surface area (Å²) in [4.78, 5) is 55.7. The summed E-state index contributed by atoms with van der Waals surface area (Å²) in [5.41, 5.74) is 0.00195. The molecule has 4 aromatic rings. The molecule has 2 heterocycles. The largest absolute Gasteiger partial charge is 0.505 e. The Hall–Kier alpha value is -5.05. The van der Waals surface area contributed by atoms with Crippen molar-refractivity contribution in [2.24, 2.45) is 13.0 Å². The number of carbonyl (C=O) groups is 2. The number of rotatable bonds is 3. The van der Waals surface area contributed by atoms with Crippen LogP contribution in [0.25, 0.3) is 5.57 Å². The van der Waals surface area contributed by atoms with Gasteiger partial charge >= 0.3 is 11.4 Å². The highest BCUT2D eigenvalue weighted by molar-refractivity contribution is 6.31. The predicted octanol–water partition coefficient (Wildman–Crippen LogP) is 3.65. The number of phenolic OH excluding ortho intramolecular Hbond substituents is 1. The Morgan fingerprint density at radius 2 is 1.60 bits per heavy atom. The summed E-state index contributed by atoms with van der Waals surface area (Å²) in [6.45, 7) is 0.0700. The zero-order valence-corrected chi connectivity index (χ0v) is 22.6. The lowest BCUT2D eigenvalue weighted by Crippen LogP contribution is -2.58. The van der Waals surface area contributed by atoms with Crippen LogP contribution in [0.1, 0.15) is 35.1 Å². The molecule has 0 unspecified atom stereocenters. The number of allylic oxidation sites excluding steroid dienone is 4. The molecule has 9 heteroatoms. The SMILES string of the molecule is Cn1c(=O)n2n(c1=O)[C@@H]1C[C@H]3C(=O)C(c4ccccc4)=CC(=O)[C@@]3(c3ccccc3)[C@@H](c3ccc(O)c(F)c3)C1=CC2. The van der Waals surface area contributed by atoms with Crippen molar-refractivity contribution in [3.63, 3.8) is 0 Å². The summed E-state index contributed by atoms with van der Waals surface area (Å²) >= 11 is 0. The molecule has 1 aromatic heterocycles. The number of hydrogen-bond donors (Lipinski definition) is 1. The Bertz CT molecular complexity index is 1970. The van der Waals surface area contributed by atoms with Crippen molar-refractivity contribution in [3.05, 3.63) is 140 Å². The highest BCUT2D eigenvalue weighted by Gasteiger charge is 2.63. The molecule has 1 saturated carbocycles. The van der Waals surface area contributed by atoms with Gasteiger partial charge in [0.25, 0.3) is 0 Å². The summed E-state index contributed by atoms with van der Waals surface area (Å²) in [6.07, 6.45) is 3.30. The van der Waals surface area contributed by atoms with Crippen LogP contribution in [0, 0.1) is 11.7 Å². The fraction of sp³-hybridized carbons (Fsp3) is 0.212. The molecule has 1 N–H and O–H groups in total. The van der Waals surface area contributed by atoms with Gasteiger partial charge in [-0.05, 0) is 46.9 Å². The van der Waals surface area contributed by atoms with E-state index < -0.39 is 46.2 Å². The summed E-state index contributed by atoms with van der Waals surface area (Å²) in [6, 6.07) is 21.2. The van der Waals surface area contributed by atoms with Crippen LogP contribution >= 0.6 is 0 Å². The van der Waals surface area contributed by atoms with Gasteiger partial charge in [-0.15, -0.1) is 0 Å². The van der Waals surface area contributed by atoms with Gasteiger partial charge in [0.2, 0.25) is 0 Å². The quantitative estimate of drug-likeness (QED) is 0.384. The molecule has 0 spiro atoms. The van der Waals surface area contributed by atoms with E-state index in [0.29, 0.717) is 22.3 Å². The maximum atomic E-state index is 15.0. The van der Waals surface area contributed by atoms with Gasteiger partial charge in [0.15, 0.2) is 23.1 Å². The molecular formula is C33H26FN3O5. The van der Waals surface area contributed by atoms with Crippen molar-refractivity contribution < 1.29 is 19.1 Å². The highest BCUT2D eigenvalue weighted by Crippen LogP contribution is 2.61. The molecule has 210 valence electrons. The Morgan fingerprint density at radius 3 is 2.29 bits per heavy atom. The molecule has 0 radical (unpaired) electrons. The second kappa shape index (κ2) is 9.24. The Labute approximate surface area is 239 Å². The summed E-state index contributed by atoms with van der Waals surface area (Å²) in [5, 5.41) is 10.0. The number of fused-ring (bicyclic) bond motifs is 4. The number of carbonyl (C=O) groups excluding carboxylic acids is 2. The lowest BCUT2D eigenvalue weighted by atomic mass is 9.47. The molecule has 2 aliphatic carbocycles. The van der Waals surface area contributed by atoms with E-state index in [2.05, 4.69) is 0 Å². The third kappa shape index (κ3) is 3.39. The first-order valence-electron chi connectivity index (χ1n) is 13.7. The molecule has 0 saturated heterocycles. The van der Waals surface area contributed by atoms with Gasteiger partial charge in [0, 0.05) is 24.5 Å². The number of hydrogen-bond acceptors (Lipinski definition) is 5. The minimum absolute atomic E-state index is 0.0700. The van der Waals surface area contributed by atoms with Gasteiger partial charge in [0.1, 0.15) is 0 Å². The van der Waals surface area contributed by atoms with Crippen molar-refractivity contribution in [1.29, 1.82) is 0 Å². The van der Waals surface area contributed by atoms with E-state index in [-0.39, 0.29) is 30.1 Å². The molecule has 3 aromatic carbocycles. The summed E-state index contributed by atoms with van der Waals surface area (Å²) in [5.74, 6) is -3.81. The number of benzene rings is 3. The highest BCUT2D eigenvalue weighted by atomic mass is 19.1. The summed E-state index contributed by atoms with van der Waals surface area (Å²) < 4.78 is 18.7. The molecule has 0 bridgehead atoms. The first-order valence-corrected chi connectivity index (χ1v) is 13.7. The standard InChI is InChI=1S/C33H26FN3O5/c1-35-31(41)36-15-14-22-26(37(36)32(35)42)18-24-30(40)23(19-8-4-2-5-9-19)17-28(39)33(24,21-10-6-3-7-11-21)29(22)20-12-13-27(38)25(34)16-20/h2-14,16-17,24,26,29,38H,15,18H2,1H3/t24-,26+,29-,33-/m0/s1. The third-order valence-electron chi connectivity index (χ3n) is 9.13. The van der Waals surface area contributed by atoms with E-state index in [0.717, 1.165) is 4.57 Å². The first kappa shape index (κ1) is 25.9. The topological polar surface area (TPSA) is 103 Å². The number of Topliss-reactive ketones (excluding diaryl/α,β-unsaturated/α-hetero) is 1. The van der Waals surface area contributed by atoms with Gasteiger partial charge in [-0.25, -0.2) is 27.9 Å². The maximum Gasteiger partial charge on any atom is 0.347 e. The van der Waals surface area contributed by atoms with Gasteiger partial charge in [-0.1, -0.05) is 72.8 Å². The van der Waals surface area contributed by atoms with E-state index in [1.807, 2.05) is 18.2 Å². The van der Waals surface area contributed by atoms with Crippen LogP contribution in [0.3, 0.4) is 0 Å². The van der Waals surface area contributed by atoms with Crippen LogP contribution in [-0.4, -0.2) is 30.6 Å². The number of aromatic nitrogens is 3. The average Bonchev–Trinajstić information content (AvgIpc) is 3.23. The van der Waals surface area contributed by atoms with Crippen LogP contribution in [0.4, 0.5) is 4.39 Å².